The molecule has 5 heterocycles. The van der Waals surface area contributed by atoms with Crippen LogP contribution in [0.5, 0.6) is 0 Å². The minimum absolute atomic E-state index is 0.0260. The average molecular weight is 871 g/mol. The van der Waals surface area contributed by atoms with Crippen LogP contribution < -0.4 is 15.8 Å². The van der Waals surface area contributed by atoms with Crippen molar-refractivity contribution in [1.29, 1.82) is 0 Å². The summed E-state index contributed by atoms with van der Waals surface area (Å²) in [6, 6.07) is 60.8. The van der Waals surface area contributed by atoms with E-state index in [1.807, 2.05) is 22.7 Å². The van der Waals surface area contributed by atoms with Crippen molar-refractivity contribution >= 4 is 109 Å². The second kappa shape index (κ2) is 12.7. The molecule has 1 aliphatic carbocycles. The van der Waals surface area contributed by atoms with Crippen LogP contribution in [0.15, 0.2) is 158 Å². The van der Waals surface area contributed by atoms with Crippen molar-refractivity contribution in [2.45, 2.75) is 64.7 Å². The third-order valence-electron chi connectivity index (χ3n) is 15.6. The van der Waals surface area contributed by atoms with Gasteiger partial charge < -0.3 is 9.38 Å². The molecule has 0 unspecified atom stereocenters. The Morgan fingerprint density at radius 2 is 1.15 bits per heavy atom. The van der Waals surface area contributed by atoms with E-state index >= 15 is 0 Å². The second-order valence-electron chi connectivity index (χ2n) is 20.8. The van der Waals surface area contributed by atoms with E-state index in [4.69, 9.17) is 0 Å². The number of thiophene rings is 2. The molecule has 2 aliphatic heterocycles. The Kier molecular flexibility index (Phi) is 7.40. The first-order valence-corrected chi connectivity index (χ1v) is 24.8. The van der Waals surface area contributed by atoms with Crippen molar-refractivity contribution in [3.05, 3.63) is 186 Å². The van der Waals surface area contributed by atoms with E-state index in [-0.39, 0.29) is 23.1 Å². The lowest BCUT2D eigenvalue weighted by Gasteiger charge is -2.47. The lowest BCUT2D eigenvalue weighted by Crippen LogP contribution is -2.57. The molecule has 0 N–H and O–H groups in total. The normalized spacial score (nSPS) is 15.5. The van der Waals surface area contributed by atoms with E-state index in [1.165, 1.54) is 129 Å². The molecule has 14 rings (SSSR count). The first kappa shape index (κ1) is 37.9. The molecule has 0 saturated heterocycles. The molecule has 0 bridgehead atoms. The van der Waals surface area contributed by atoms with Gasteiger partial charge in [0.15, 0.2) is 0 Å². The van der Waals surface area contributed by atoms with Gasteiger partial charge in [-0.05, 0) is 86.1 Å². The summed E-state index contributed by atoms with van der Waals surface area (Å²) in [5, 5.41) is 6.73. The van der Waals surface area contributed by atoms with Crippen LogP contribution in [0.4, 0.5) is 17.1 Å². The fourth-order valence-corrected chi connectivity index (χ4v) is 14.9. The molecule has 3 aromatic heterocycles. The van der Waals surface area contributed by atoms with Gasteiger partial charge in [-0.15, -0.1) is 22.7 Å². The monoisotopic (exact) mass is 870 g/mol. The highest BCUT2D eigenvalue weighted by Gasteiger charge is 2.48. The summed E-state index contributed by atoms with van der Waals surface area (Å²) >= 11 is 3.92. The van der Waals surface area contributed by atoms with Gasteiger partial charge in [-0.3, -0.25) is 0 Å². The van der Waals surface area contributed by atoms with Gasteiger partial charge >= 0.3 is 6.85 Å². The van der Waals surface area contributed by atoms with Crippen LogP contribution in [0, 0.1) is 0 Å². The molecule has 0 fully saturated rings. The molecule has 11 aromatic rings. The summed E-state index contributed by atoms with van der Waals surface area (Å²) in [6.07, 6.45) is 0. The first-order chi connectivity index (χ1) is 31.4. The van der Waals surface area contributed by atoms with Crippen molar-refractivity contribution in [3.8, 4) is 22.3 Å². The zero-order chi connectivity index (χ0) is 43.9. The van der Waals surface area contributed by atoms with Gasteiger partial charge in [0.2, 0.25) is 0 Å². The molecule has 3 aliphatic rings. The standard InChI is InChI=1S/C60H47BN2S2/c1-58(2,3)35-28-29-47(40(30-35)34-18-9-8-10-19-34)62-48-33-45-44(59(4,5)42-24-13-14-25-43(42)60(45,6)7)32-46(48)61-54-49(62)31-41-36-20-11-15-26-50(36)64-56(41)53(54)39-23-17-22-38-52-37-21-12-16-27-51(37)65-57(52)63(61)55(38)39/h8-33H,1-7H3. The SMILES string of the molecule is CC(C)(C)c1ccc(N2c3cc4c(cc3B3c5c2cc2c(sc6ccccc62)c5-c2cccc5c6c7ccccc7sc6n3c25)C(C)(C)c2ccccc2C4(C)C)c(-c2ccccc2)c1. The molecule has 312 valence electrons. The molecule has 8 aromatic carbocycles. The van der Waals surface area contributed by atoms with Gasteiger partial charge in [-0.2, -0.15) is 0 Å². The predicted molar refractivity (Wildman–Crippen MR) is 283 cm³/mol. The van der Waals surface area contributed by atoms with Crippen LogP contribution in [-0.2, 0) is 16.2 Å². The van der Waals surface area contributed by atoms with Gasteiger partial charge in [0.25, 0.3) is 0 Å². The van der Waals surface area contributed by atoms with Crippen molar-refractivity contribution in [2.75, 3.05) is 4.90 Å². The van der Waals surface area contributed by atoms with E-state index in [0.717, 1.165) is 0 Å². The molecule has 0 spiro atoms. The van der Waals surface area contributed by atoms with Crippen molar-refractivity contribution in [2.24, 2.45) is 0 Å². The third-order valence-corrected chi connectivity index (χ3v) is 18.0. The van der Waals surface area contributed by atoms with Crippen LogP contribution in [-0.4, -0.2) is 11.3 Å². The number of fused-ring (bicyclic) bond motifs is 15. The number of nitrogens with zero attached hydrogens (tertiary/aromatic N) is 2. The molecule has 0 atom stereocenters. The van der Waals surface area contributed by atoms with Gasteiger partial charge in [0, 0.05) is 85.4 Å². The largest absolute Gasteiger partial charge is 0.367 e. The maximum Gasteiger partial charge on any atom is 0.333 e. The number of hydrogen-bond donors (Lipinski definition) is 0. The average Bonchev–Trinajstić information content (AvgIpc) is 3.99. The molecule has 0 amide bonds. The van der Waals surface area contributed by atoms with E-state index in [0.29, 0.717) is 0 Å². The van der Waals surface area contributed by atoms with Gasteiger partial charge in [0.1, 0.15) is 0 Å². The predicted octanol–water partition coefficient (Wildman–Crippen LogP) is 15.7. The highest BCUT2D eigenvalue weighted by molar-refractivity contribution is 7.27. The van der Waals surface area contributed by atoms with E-state index in [9.17, 15) is 0 Å². The summed E-state index contributed by atoms with van der Waals surface area (Å²) in [5.74, 6) is 0. The fourth-order valence-electron chi connectivity index (χ4n) is 12.4. The maximum absolute atomic E-state index is 2.79. The number of hydrogen-bond acceptors (Lipinski definition) is 3. The Hall–Kier alpha value is -6.40. The van der Waals surface area contributed by atoms with E-state index in [2.05, 4.69) is 216 Å². The van der Waals surface area contributed by atoms with Crippen molar-refractivity contribution < 1.29 is 0 Å². The second-order valence-corrected chi connectivity index (χ2v) is 22.9. The number of anilines is 3. The van der Waals surface area contributed by atoms with Crippen molar-refractivity contribution in [3.63, 3.8) is 0 Å². The van der Waals surface area contributed by atoms with Crippen LogP contribution in [0.25, 0.3) is 73.6 Å². The number of para-hydroxylation sites is 1. The first-order valence-electron chi connectivity index (χ1n) is 23.1. The van der Waals surface area contributed by atoms with Crippen LogP contribution >= 0.6 is 22.7 Å². The molecule has 0 saturated carbocycles. The number of benzene rings is 8. The summed E-state index contributed by atoms with van der Waals surface area (Å²) < 4.78 is 6.84. The quantitative estimate of drug-likeness (QED) is 0.157. The van der Waals surface area contributed by atoms with Crippen LogP contribution in [0.1, 0.15) is 76.3 Å². The van der Waals surface area contributed by atoms with Crippen LogP contribution in [0.3, 0.4) is 0 Å². The van der Waals surface area contributed by atoms with E-state index < -0.39 is 0 Å². The van der Waals surface area contributed by atoms with E-state index in [1.54, 1.807) is 0 Å². The topological polar surface area (TPSA) is 8.17 Å². The lowest BCUT2D eigenvalue weighted by molar-refractivity contribution is 0.521. The Bertz CT molecular complexity index is 3890. The molecular weight excluding hydrogens is 824 g/mol. The lowest BCUT2D eigenvalue weighted by atomic mass is 9.44. The minimum atomic E-state index is -0.224. The molecule has 5 heteroatoms. The third kappa shape index (κ3) is 4.85. The summed E-state index contributed by atoms with van der Waals surface area (Å²) in [4.78, 5) is 4.06. The highest BCUT2D eigenvalue weighted by atomic mass is 32.1. The molecule has 65 heavy (non-hydrogen) atoms. The summed E-state index contributed by atoms with van der Waals surface area (Å²) in [7, 11) is 0. The Balaban J connectivity index is 1.20. The maximum atomic E-state index is 2.79. The fraction of sp³-hybridized carbons (Fsp3) is 0.167. The summed E-state index contributed by atoms with van der Waals surface area (Å²) in [6.45, 7) is 16.8. The zero-order valence-corrected chi connectivity index (χ0v) is 39.4. The number of rotatable bonds is 2. The Morgan fingerprint density at radius 1 is 0.508 bits per heavy atom. The molecule has 0 radical (unpaired) electrons. The zero-order valence-electron chi connectivity index (χ0n) is 37.8. The minimum Gasteiger partial charge on any atom is -0.367 e. The molecule has 2 nitrogen and oxygen atoms in total. The Morgan fingerprint density at radius 3 is 1.89 bits per heavy atom. The smallest absolute Gasteiger partial charge is 0.333 e. The number of aromatic nitrogens is 1. The van der Waals surface area contributed by atoms with Crippen molar-refractivity contribution in [1.82, 2.24) is 4.48 Å². The van der Waals surface area contributed by atoms with Gasteiger partial charge in [-0.25, -0.2) is 0 Å². The van der Waals surface area contributed by atoms with Gasteiger partial charge in [-0.1, -0.05) is 170 Å². The highest BCUT2D eigenvalue weighted by Crippen LogP contribution is 2.56. The summed E-state index contributed by atoms with van der Waals surface area (Å²) in [5.41, 5.74) is 19.6. The van der Waals surface area contributed by atoms with Crippen LogP contribution in [0.2, 0.25) is 0 Å². The Labute approximate surface area is 388 Å². The van der Waals surface area contributed by atoms with Gasteiger partial charge in [0.05, 0.1) is 10.5 Å². The molecular formula is C60H47BN2S2.